The van der Waals surface area contributed by atoms with Gasteiger partial charge in [0.25, 0.3) is 5.91 Å². The van der Waals surface area contributed by atoms with E-state index in [0.29, 0.717) is 5.56 Å². The molecule has 2 aromatic carbocycles. The van der Waals surface area contributed by atoms with Crippen molar-refractivity contribution in [2.24, 2.45) is 5.41 Å². The first-order valence-electron chi connectivity index (χ1n) is 6.40. The minimum Gasteiger partial charge on any atom is -0.481 e. The molecule has 104 valence electrons. The van der Waals surface area contributed by atoms with Crippen molar-refractivity contribution < 1.29 is 14.7 Å². The lowest BCUT2D eigenvalue weighted by Crippen LogP contribution is -2.38. The Morgan fingerprint density at radius 2 is 1.75 bits per heavy atom. The summed E-state index contributed by atoms with van der Waals surface area (Å²) in [5.74, 6) is -1.19. The lowest BCUT2D eigenvalue weighted by Gasteiger charge is -2.19. The van der Waals surface area contributed by atoms with Gasteiger partial charge in [-0.15, -0.1) is 0 Å². The summed E-state index contributed by atoms with van der Waals surface area (Å²) >= 11 is 0. The number of hydrogen-bond acceptors (Lipinski definition) is 2. The fourth-order valence-corrected chi connectivity index (χ4v) is 1.81. The topological polar surface area (TPSA) is 66.4 Å². The first kappa shape index (κ1) is 14.1. The molecule has 2 rings (SSSR count). The van der Waals surface area contributed by atoms with Crippen LogP contribution >= 0.6 is 0 Å². The van der Waals surface area contributed by atoms with Gasteiger partial charge < -0.3 is 10.4 Å². The van der Waals surface area contributed by atoms with Crippen molar-refractivity contribution in [1.82, 2.24) is 5.32 Å². The Morgan fingerprint density at radius 3 is 2.40 bits per heavy atom. The van der Waals surface area contributed by atoms with Crippen LogP contribution < -0.4 is 5.32 Å². The highest BCUT2D eigenvalue weighted by atomic mass is 16.4. The summed E-state index contributed by atoms with van der Waals surface area (Å²) in [5.41, 5.74) is -0.447. The van der Waals surface area contributed by atoms with Crippen molar-refractivity contribution in [3.63, 3.8) is 0 Å². The zero-order chi connectivity index (χ0) is 14.8. The second kappa shape index (κ2) is 5.33. The van der Waals surface area contributed by atoms with Gasteiger partial charge in [-0.3, -0.25) is 9.59 Å². The van der Waals surface area contributed by atoms with E-state index in [9.17, 15) is 9.59 Å². The maximum Gasteiger partial charge on any atom is 0.310 e. The average molecular weight is 271 g/mol. The Labute approximate surface area is 117 Å². The number of carboxylic acids is 1. The summed E-state index contributed by atoms with van der Waals surface area (Å²) in [6.07, 6.45) is 0. The van der Waals surface area contributed by atoms with E-state index in [2.05, 4.69) is 5.32 Å². The molecule has 0 fully saturated rings. The van der Waals surface area contributed by atoms with Gasteiger partial charge in [-0.2, -0.15) is 0 Å². The van der Waals surface area contributed by atoms with Gasteiger partial charge >= 0.3 is 5.97 Å². The van der Waals surface area contributed by atoms with Gasteiger partial charge in [-0.1, -0.05) is 30.3 Å². The molecule has 4 nitrogen and oxygen atoms in total. The number of aliphatic carboxylic acids is 1. The molecule has 4 heteroatoms. The second-order valence-corrected chi connectivity index (χ2v) is 5.43. The van der Waals surface area contributed by atoms with Gasteiger partial charge in [-0.25, -0.2) is 0 Å². The number of rotatable bonds is 4. The molecule has 2 N–H and O–H groups in total. The molecule has 0 aromatic heterocycles. The Balaban J connectivity index is 2.14. The minimum absolute atomic E-state index is 0.0913. The van der Waals surface area contributed by atoms with Crippen molar-refractivity contribution >= 4 is 22.6 Å². The standard InChI is InChI=1S/C16H17NO3/c1-16(2,15(19)20)10-17-14(18)13-8-7-11-5-3-4-6-12(11)9-13/h3-9H,10H2,1-2H3,(H,17,18)(H,19,20). The number of carboxylic acid groups (broad SMARTS) is 1. The molecule has 0 saturated heterocycles. The molecule has 0 heterocycles. The summed E-state index contributed by atoms with van der Waals surface area (Å²) in [6.45, 7) is 3.25. The summed E-state index contributed by atoms with van der Waals surface area (Å²) in [6, 6.07) is 13.2. The lowest BCUT2D eigenvalue weighted by atomic mass is 9.94. The molecule has 0 aliphatic carbocycles. The molecular formula is C16H17NO3. The van der Waals surface area contributed by atoms with Crippen LogP contribution in [0.2, 0.25) is 0 Å². The van der Waals surface area contributed by atoms with Crippen LogP contribution in [0, 0.1) is 5.41 Å². The Bertz CT molecular complexity index is 662. The van der Waals surface area contributed by atoms with Crippen molar-refractivity contribution in [3.05, 3.63) is 48.0 Å². The van der Waals surface area contributed by atoms with E-state index in [1.807, 2.05) is 30.3 Å². The molecule has 0 saturated carbocycles. The van der Waals surface area contributed by atoms with Crippen molar-refractivity contribution in [2.45, 2.75) is 13.8 Å². The number of nitrogens with one attached hydrogen (secondary N) is 1. The predicted molar refractivity (Wildman–Crippen MR) is 77.7 cm³/mol. The molecule has 0 atom stereocenters. The zero-order valence-electron chi connectivity index (χ0n) is 11.5. The van der Waals surface area contributed by atoms with Crippen molar-refractivity contribution in [2.75, 3.05) is 6.54 Å². The highest BCUT2D eigenvalue weighted by Crippen LogP contribution is 2.17. The quantitative estimate of drug-likeness (QED) is 0.898. The maximum atomic E-state index is 12.1. The summed E-state index contributed by atoms with van der Waals surface area (Å²) in [7, 11) is 0. The number of benzene rings is 2. The third kappa shape index (κ3) is 2.96. The van der Waals surface area contributed by atoms with Crippen LogP contribution in [0.4, 0.5) is 0 Å². The zero-order valence-corrected chi connectivity index (χ0v) is 11.5. The summed E-state index contributed by atoms with van der Waals surface area (Å²) in [5, 5.41) is 13.7. The molecule has 0 bridgehead atoms. The van der Waals surface area contributed by atoms with Gasteiger partial charge in [0.05, 0.1) is 5.41 Å². The number of fused-ring (bicyclic) bond motifs is 1. The van der Waals surface area contributed by atoms with Gasteiger partial charge in [0.15, 0.2) is 0 Å². The van der Waals surface area contributed by atoms with Crippen LogP contribution in [-0.4, -0.2) is 23.5 Å². The van der Waals surface area contributed by atoms with Crippen LogP contribution in [0.3, 0.4) is 0 Å². The Hall–Kier alpha value is -2.36. The lowest BCUT2D eigenvalue weighted by molar-refractivity contribution is -0.146. The van der Waals surface area contributed by atoms with Gasteiger partial charge in [0.1, 0.15) is 0 Å². The fraction of sp³-hybridized carbons (Fsp3) is 0.250. The molecule has 0 aliphatic rings. The van der Waals surface area contributed by atoms with Crippen molar-refractivity contribution in [3.8, 4) is 0 Å². The summed E-state index contributed by atoms with van der Waals surface area (Å²) < 4.78 is 0. The van der Waals surface area contributed by atoms with Gasteiger partial charge in [0.2, 0.25) is 0 Å². The van der Waals surface area contributed by atoms with Crippen LogP contribution in [0.1, 0.15) is 24.2 Å². The molecule has 0 radical (unpaired) electrons. The number of carbonyl (C=O) groups excluding carboxylic acids is 1. The first-order valence-corrected chi connectivity index (χ1v) is 6.40. The van der Waals surface area contributed by atoms with E-state index in [0.717, 1.165) is 10.8 Å². The minimum atomic E-state index is -0.980. The van der Waals surface area contributed by atoms with Crippen molar-refractivity contribution in [1.29, 1.82) is 0 Å². The van der Waals surface area contributed by atoms with E-state index in [4.69, 9.17) is 5.11 Å². The van der Waals surface area contributed by atoms with E-state index in [1.54, 1.807) is 26.0 Å². The Kier molecular flexibility index (Phi) is 3.74. The Morgan fingerprint density at radius 1 is 1.10 bits per heavy atom. The van der Waals surface area contributed by atoms with Crippen LogP contribution in [0.15, 0.2) is 42.5 Å². The van der Waals surface area contributed by atoms with Crippen LogP contribution in [0.25, 0.3) is 10.8 Å². The molecular weight excluding hydrogens is 254 g/mol. The number of hydrogen-bond donors (Lipinski definition) is 2. The molecule has 1 amide bonds. The summed E-state index contributed by atoms with van der Waals surface area (Å²) in [4.78, 5) is 23.0. The SMILES string of the molecule is CC(C)(CNC(=O)c1ccc2ccccc2c1)C(=O)O. The van der Waals surface area contributed by atoms with E-state index >= 15 is 0 Å². The largest absolute Gasteiger partial charge is 0.481 e. The average Bonchev–Trinajstić information content (AvgIpc) is 2.44. The monoisotopic (exact) mass is 271 g/mol. The highest BCUT2D eigenvalue weighted by Gasteiger charge is 2.27. The highest BCUT2D eigenvalue weighted by molar-refractivity contribution is 5.98. The van der Waals surface area contributed by atoms with Gasteiger partial charge in [0, 0.05) is 12.1 Å². The van der Waals surface area contributed by atoms with E-state index in [1.165, 1.54) is 0 Å². The predicted octanol–water partition coefficient (Wildman–Crippen LogP) is 2.68. The first-order chi connectivity index (χ1) is 9.40. The third-order valence-electron chi connectivity index (χ3n) is 3.28. The smallest absolute Gasteiger partial charge is 0.310 e. The molecule has 0 aliphatic heterocycles. The normalized spacial score (nSPS) is 11.3. The van der Waals surface area contributed by atoms with E-state index < -0.39 is 11.4 Å². The third-order valence-corrected chi connectivity index (χ3v) is 3.28. The van der Waals surface area contributed by atoms with E-state index in [-0.39, 0.29) is 12.5 Å². The number of amides is 1. The number of carbonyl (C=O) groups is 2. The van der Waals surface area contributed by atoms with Gasteiger partial charge in [-0.05, 0) is 36.8 Å². The molecule has 0 spiro atoms. The molecule has 20 heavy (non-hydrogen) atoms. The van der Waals surface area contributed by atoms with Crippen LogP contribution in [-0.2, 0) is 4.79 Å². The van der Waals surface area contributed by atoms with Crippen LogP contribution in [0.5, 0.6) is 0 Å². The molecule has 0 unspecified atom stereocenters. The second-order valence-electron chi connectivity index (χ2n) is 5.43. The fourth-order valence-electron chi connectivity index (χ4n) is 1.81. The maximum absolute atomic E-state index is 12.1. The molecule has 2 aromatic rings.